The Balaban J connectivity index is 1.28. The molecule has 4 rings (SSSR count). The molecule has 2 unspecified atom stereocenters. The Bertz CT molecular complexity index is 1040. The van der Waals surface area contributed by atoms with Crippen molar-refractivity contribution in [1.29, 1.82) is 5.26 Å². The minimum Gasteiger partial charge on any atom is -0.449 e. The minimum absolute atomic E-state index is 0.202. The topological polar surface area (TPSA) is 95.3 Å². The fraction of sp³-hybridized carbons (Fsp3) is 0.333. The molecule has 3 heterocycles. The average molecular weight is 449 g/mol. The molecule has 2 aliphatic heterocycles. The van der Waals surface area contributed by atoms with Gasteiger partial charge in [0.1, 0.15) is 0 Å². The second kappa shape index (κ2) is 10.3. The SMILES string of the molecule is N#CC1C2=C(CN(C(=O)OCCCc3ccccn3)CC2)SC1NC(=O)c1ccccc1. The molecule has 2 aromatic rings. The van der Waals surface area contributed by atoms with E-state index in [0.29, 0.717) is 38.1 Å². The summed E-state index contributed by atoms with van der Waals surface area (Å²) in [5.41, 5.74) is 2.56. The fourth-order valence-electron chi connectivity index (χ4n) is 3.86. The van der Waals surface area contributed by atoms with Gasteiger partial charge in [-0.25, -0.2) is 4.79 Å². The molecule has 32 heavy (non-hydrogen) atoms. The number of pyridine rings is 1. The standard InChI is InChI=1S/C24H24N4O3S/c25-15-20-19-11-13-28(24(30)31-14-6-10-18-9-4-5-12-26-18)16-21(19)32-23(20)27-22(29)17-7-2-1-3-8-17/h1-5,7-9,12,20,23H,6,10-11,13-14,16H2,(H,27,29). The first-order valence-corrected chi connectivity index (χ1v) is 11.5. The van der Waals surface area contributed by atoms with Crippen molar-refractivity contribution in [2.45, 2.75) is 24.6 Å². The molecular formula is C24H24N4O3S. The van der Waals surface area contributed by atoms with Crippen LogP contribution in [-0.2, 0) is 11.2 Å². The number of nitrogens with one attached hydrogen (secondary N) is 1. The van der Waals surface area contributed by atoms with E-state index in [4.69, 9.17) is 4.74 Å². The third kappa shape index (κ3) is 5.11. The molecule has 164 valence electrons. The maximum Gasteiger partial charge on any atom is 0.410 e. The predicted octanol–water partition coefficient (Wildman–Crippen LogP) is 3.75. The van der Waals surface area contributed by atoms with Crippen LogP contribution < -0.4 is 5.32 Å². The van der Waals surface area contributed by atoms with Crippen molar-refractivity contribution in [3.05, 3.63) is 76.5 Å². The highest BCUT2D eigenvalue weighted by Gasteiger charge is 2.40. The highest BCUT2D eigenvalue weighted by Crippen LogP contribution is 2.44. The number of aryl methyl sites for hydroxylation is 1. The molecule has 0 radical (unpaired) electrons. The van der Waals surface area contributed by atoms with E-state index in [0.717, 1.165) is 22.6 Å². The van der Waals surface area contributed by atoms with E-state index in [9.17, 15) is 14.9 Å². The number of nitrogens with zero attached hydrogens (tertiary/aromatic N) is 3. The summed E-state index contributed by atoms with van der Waals surface area (Å²) in [6.07, 6.45) is 3.49. The van der Waals surface area contributed by atoms with Crippen LogP contribution in [0.4, 0.5) is 4.79 Å². The van der Waals surface area contributed by atoms with Crippen LogP contribution in [-0.4, -0.2) is 47.0 Å². The van der Waals surface area contributed by atoms with Gasteiger partial charge in [-0.05, 0) is 49.1 Å². The van der Waals surface area contributed by atoms with Gasteiger partial charge in [0, 0.05) is 28.9 Å². The number of carbonyl (C=O) groups excluding carboxylic acids is 2. The van der Waals surface area contributed by atoms with Gasteiger partial charge in [0.2, 0.25) is 0 Å². The third-order valence-corrected chi connectivity index (χ3v) is 6.85. The second-order valence-electron chi connectivity index (χ2n) is 7.64. The molecule has 0 fully saturated rings. The van der Waals surface area contributed by atoms with Gasteiger partial charge in [-0.2, -0.15) is 5.26 Å². The van der Waals surface area contributed by atoms with E-state index in [1.165, 1.54) is 11.8 Å². The molecular weight excluding hydrogens is 424 g/mol. The quantitative estimate of drug-likeness (QED) is 0.676. The van der Waals surface area contributed by atoms with Crippen molar-refractivity contribution in [1.82, 2.24) is 15.2 Å². The lowest BCUT2D eigenvalue weighted by Gasteiger charge is -2.27. The predicted molar refractivity (Wildman–Crippen MR) is 122 cm³/mol. The summed E-state index contributed by atoms with van der Waals surface area (Å²) in [6.45, 7) is 1.26. The maximum absolute atomic E-state index is 12.5. The highest BCUT2D eigenvalue weighted by atomic mass is 32.2. The Kier molecular flexibility index (Phi) is 7.07. The zero-order valence-corrected chi connectivity index (χ0v) is 18.4. The molecule has 8 heteroatoms. The number of thioether (sulfide) groups is 1. The Labute approximate surface area is 191 Å². The van der Waals surface area contributed by atoms with Crippen molar-refractivity contribution in [3.63, 3.8) is 0 Å². The summed E-state index contributed by atoms with van der Waals surface area (Å²) < 4.78 is 5.45. The second-order valence-corrected chi connectivity index (χ2v) is 8.88. The van der Waals surface area contributed by atoms with Crippen LogP contribution in [0, 0.1) is 17.2 Å². The van der Waals surface area contributed by atoms with Gasteiger partial charge in [-0.15, -0.1) is 11.8 Å². The lowest BCUT2D eigenvalue weighted by molar-refractivity contribution is 0.0947. The van der Waals surface area contributed by atoms with Gasteiger partial charge in [0.05, 0.1) is 30.5 Å². The number of rotatable bonds is 6. The number of benzene rings is 1. The number of ether oxygens (including phenoxy) is 1. The summed E-state index contributed by atoms with van der Waals surface area (Å²) in [5.74, 6) is -0.591. The van der Waals surface area contributed by atoms with Crippen molar-refractivity contribution >= 4 is 23.8 Å². The van der Waals surface area contributed by atoms with Crippen LogP contribution in [0.25, 0.3) is 0 Å². The van der Waals surface area contributed by atoms with Crippen molar-refractivity contribution < 1.29 is 14.3 Å². The number of amides is 2. The van der Waals surface area contributed by atoms with Crippen LogP contribution in [0.5, 0.6) is 0 Å². The van der Waals surface area contributed by atoms with Gasteiger partial charge in [-0.3, -0.25) is 9.78 Å². The van der Waals surface area contributed by atoms with Crippen molar-refractivity contribution in [2.75, 3.05) is 19.7 Å². The summed E-state index contributed by atoms with van der Waals surface area (Å²) in [4.78, 5) is 32.0. The number of aromatic nitrogens is 1. The monoisotopic (exact) mass is 448 g/mol. The number of nitriles is 1. The van der Waals surface area contributed by atoms with Crippen LogP contribution in [0.2, 0.25) is 0 Å². The first-order chi connectivity index (χ1) is 15.7. The summed E-state index contributed by atoms with van der Waals surface area (Å²) in [7, 11) is 0. The lowest BCUT2D eigenvalue weighted by atomic mass is 9.94. The minimum atomic E-state index is -0.390. The maximum atomic E-state index is 12.5. The molecule has 2 aliphatic rings. The summed E-state index contributed by atoms with van der Waals surface area (Å²) in [6, 6.07) is 17.1. The molecule has 0 saturated heterocycles. The highest BCUT2D eigenvalue weighted by molar-refractivity contribution is 8.04. The zero-order valence-electron chi connectivity index (χ0n) is 17.6. The molecule has 0 bridgehead atoms. The van der Waals surface area contributed by atoms with Gasteiger partial charge in [0.15, 0.2) is 0 Å². The normalized spacial score (nSPS) is 19.8. The van der Waals surface area contributed by atoms with E-state index in [2.05, 4.69) is 16.4 Å². The molecule has 0 spiro atoms. The number of hydrogen-bond donors (Lipinski definition) is 1. The van der Waals surface area contributed by atoms with Crippen molar-refractivity contribution in [3.8, 4) is 6.07 Å². The van der Waals surface area contributed by atoms with Crippen LogP contribution >= 0.6 is 11.8 Å². The van der Waals surface area contributed by atoms with Crippen LogP contribution in [0.1, 0.15) is 28.9 Å². The number of carbonyl (C=O) groups is 2. The Morgan fingerprint density at radius 2 is 2.03 bits per heavy atom. The Hall–Kier alpha value is -3.31. The van der Waals surface area contributed by atoms with Crippen LogP contribution in [0.15, 0.2) is 65.2 Å². The Morgan fingerprint density at radius 1 is 1.22 bits per heavy atom. The van der Waals surface area contributed by atoms with Crippen molar-refractivity contribution in [2.24, 2.45) is 5.92 Å². The average Bonchev–Trinajstić information content (AvgIpc) is 3.18. The van der Waals surface area contributed by atoms with Gasteiger partial charge in [0.25, 0.3) is 5.91 Å². The molecule has 2 atom stereocenters. The molecule has 1 N–H and O–H groups in total. The van der Waals surface area contributed by atoms with E-state index in [1.807, 2.05) is 36.4 Å². The Morgan fingerprint density at radius 3 is 2.78 bits per heavy atom. The van der Waals surface area contributed by atoms with Crippen LogP contribution in [0.3, 0.4) is 0 Å². The lowest BCUT2D eigenvalue weighted by Crippen LogP contribution is -2.37. The third-order valence-electron chi connectivity index (χ3n) is 5.53. The summed E-state index contributed by atoms with van der Waals surface area (Å²) >= 11 is 1.46. The molecule has 2 amide bonds. The fourth-order valence-corrected chi connectivity index (χ4v) is 5.31. The van der Waals surface area contributed by atoms with Gasteiger partial charge < -0.3 is 15.0 Å². The zero-order chi connectivity index (χ0) is 22.3. The largest absolute Gasteiger partial charge is 0.449 e. The van der Waals surface area contributed by atoms with E-state index in [1.54, 1.807) is 23.2 Å². The first kappa shape index (κ1) is 21.9. The van der Waals surface area contributed by atoms with Gasteiger partial charge in [-0.1, -0.05) is 24.3 Å². The van der Waals surface area contributed by atoms with Gasteiger partial charge >= 0.3 is 6.09 Å². The molecule has 0 saturated carbocycles. The molecule has 7 nitrogen and oxygen atoms in total. The molecule has 1 aromatic heterocycles. The first-order valence-electron chi connectivity index (χ1n) is 10.6. The van der Waals surface area contributed by atoms with E-state index < -0.39 is 0 Å². The smallest absolute Gasteiger partial charge is 0.410 e. The van der Waals surface area contributed by atoms with E-state index in [-0.39, 0.29) is 23.3 Å². The van der Waals surface area contributed by atoms with E-state index >= 15 is 0 Å². The number of hydrogen-bond acceptors (Lipinski definition) is 6. The molecule has 0 aliphatic carbocycles. The molecule has 1 aromatic carbocycles. The summed E-state index contributed by atoms with van der Waals surface area (Å²) in [5, 5.41) is 12.3.